The van der Waals surface area contributed by atoms with E-state index in [1.165, 1.54) is 6.42 Å². The van der Waals surface area contributed by atoms with Crippen molar-refractivity contribution in [3.05, 3.63) is 0 Å². The predicted molar refractivity (Wildman–Crippen MR) is 68.1 cm³/mol. The van der Waals surface area contributed by atoms with E-state index < -0.39 is 0 Å². The molecule has 0 saturated heterocycles. The number of hydrogen-bond acceptors (Lipinski definition) is 3. The maximum atomic E-state index is 6.07. The zero-order chi connectivity index (χ0) is 11.8. The average Bonchev–Trinajstić information content (AvgIpc) is 2.13. The van der Waals surface area contributed by atoms with Crippen LogP contribution in [0.5, 0.6) is 0 Å². The first-order chi connectivity index (χ1) is 7.01. The molecule has 0 aliphatic carbocycles. The summed E-state index contributed by atoms with van der Waals surface area (Å²) in [6.45, 7) is 9.91. The Morgan fingerprint density at radius 1 is 1.13 bits per heavy atom. The third-order valence-corrected chi connectivity index (χ3v) is 2.79. The average molecular weight is 215 g/mol. The predicted octanol–water partition coefficient (Wildman–Crippen LogP) is 1.39. The minimum atomic E-state index is 0.333. The fourth-order valence-electron chi connectivity index (χ4n) is 2.03. The van der Waals surface area contributed by atoms with Gasteiger partial charge in [-0.3, -0.25) is 4.90 Å². The summed E-state index contributed by atoms with van der Waals surface area (Å²) >= 11 is 0. The highest BCUT2D eigenvalue weighted by molar-refractivity contribution is 4.73. The monoisotopic (exact) mass is 215 g/mol. The molecule has 0 aromatic carbocycles. The standard InChI is InChI=1S/C12H29N3/c1-6-8-12(13)10-15(7-2)11(3)9-14(4)5/h11-12H,6-10,13H2,1-5H3. The number of rotatable bonds is 8. The summed E-state index contributed by atoms with van der Waals surface area (Å²) < 4.78 is 0. The van der Waals surface area contributed by atoms with Crippen molar-refractivity contribution in [3.8, 4) is 0 Å². The fourth-order valence-corrected chi connectivity index (χ4v) is 2.03. The molecule has 0 aromatic rings. The number of nitrogens with zero attached hydrogens (tertiary/aromatic N) is 2. The molecule has 0 rings (SSSR count). The minimum Gasteiger partial charge on any atom is -0.327 e. The van der Waals surface area contributed by atoms with Gasteiger partial charge < -0.3 is 10.6 Å². The SMILES string of the molecule is CCCC(N)CN(CC)C(C)CN(C)C. The molecule has 0 heterocycles. The normalized spacial score (nSPS) is 16.0. The van der Waals surface area contributed by atoms with Crippen LogP contribution < -0.4 is 5.73 Å². The Bertz CT molecular complexity index is 148. The molecule has 92 valence electrons. The maximum Gasteiger partial charge on any atom is 0.0195 e. The molecule has 2 unspecified atom stereocenters. The molecule has 0 aromatic heterocycles. The summed E-state index contributed by atoms with van der Waals surface area (Å²) in [4.78, 5) is 4.71. The van der Waals surface area contributed by atoms with Crippen LogP contribution in [0.3, 0.4) is 0 Å². The van der Waals surface area contributed by atoms with Crippen molar-refractivity contribution in [1.29, 1.82) is 0 Å². The summed E-state index contributed by atoms with van der Waals surface area (Å²) in [6.07, 6.45) is 2.31. The third kappa shape index (κ3) is 6.88. The lowest BCUT2D eigenvalue weighted by Crippen LogP contribution is -2.45. The summed E-state index contributed by atoms with van der Waals surface area (Å²) in [7, 11) is 4.24. The summed E-state index contributed by atoms with van der Waals surface area (Å²) in [6, 6.07) is 0.924. The van der Waals surface area contributed by atoms with Crippen LogP contribution in [0.2, 0.25) is 0 Å². The van der Waals surface area contributed by atoms with Gasteiger partial charge in [-0.1, -0.05) is 20.3 Å². The van der Waals surface area contributed by atoms with Gasteiger partial charge in [0.2, 0.25) is 0 Å². The molecule has 3 heteroatoms. The van der Waals surface area contributed by atoms with E-state index in [-0.39, 0.29) is 0 Å². The van der Waals surface area contributed by atoms with E-state index in [0.717, 1.165) is 26.1 Å². The van der Waals surface area contributed by atoms with Crippen LogP contribution in [-0.4, -0.2) is 55.6 Å². The summed E-state index contributed by atoms with van der Waals surface area (Å²) in [5.41, 5.74) is 6.07. The van der Waals surface area contributed by atoms with Crippen LogP contribution in [0, 0.1) is 0 Å². The molecule has 0 fully saturated rings. The van der Waals surface area contributed by atoms with Crippen molar-refractivity contribution in [2.45, 2.75) is 45.7 Å². The molecule has 3 nitrogen and oxygen atoms in total. The lowest BCUT2D eigenvalue weighted by Gasteiger charge is -2.31. The van der Waals surface area contributed by atoms with E-state index in [2.05, 4.69) is 44.7 Å². The second kappa shape index (κ2) is 8.08. The van der Waals surface area contributed by atoms with Gasteiger partial charge in [0.25, 0.3) is 0 Å². The van der Waals surface area contributed by atoms with Crippen LogP contribution >= 0.6 is 0 Å². The Hall–Kier alpha value is -0.120. The van der Waals surface area contributed by atoms with Crippen molar-refractivity contribution < 1.29 is 0 Å². The van der Waals surface area contributed by atoms with E-state index >= 15 is 0 Å². The lowest BCUT2D eigenvalue weighted by atomic mass is 10.1. The molecule has 0 aliphatic heterocycles. The first-order valence-corrected chi connectivity index (χ1v) is 6.15. The zero-order valence-electron chi connectivity index (χ0n) is 11.2. The molecular formula is C12H29N3. The Morgan fingerprint density at radius 3 is 2.13 bits per heavy atom. The maximum absolute atomic E-state index is 6.07. The zero-order valence-corrected chi connectivity index (χ0v) is 11.2. The van der Waals surface area contributed by atoms with Gasteiger partial charge in [0.1, 0.15) is 0 Å². The lowest BCUT2D eigenvalue weighted by molar-refractivity contribution is 0.170. The molecule has 15 heavy (non-hydrogen) atoms. The topological polar surface area (TPSA) is 32.5 Å². The van der Waals surface area contributed by atoms with Crippen LogP contribution in [0.4, 0.5) is 0 Å². The van der Waals surface area contributed by atoms with Gasteiger partial charge in [0.05, 0.1) is 0 Å². The Kier molecular flexibility index (Phi) is 8.02. The van der Waals surface area contributed by atoms with Gasteiger partial charge >= 0.3 is 0 Å². The van der Waals surface area contributed by atoms with E-state index in [9.17, 15) is 0 Å². The highest BCUT2D eigenvalue weighted by atomic mass is 15.2. The van der Waals surface area contributed by atoms with Gasteiger partial charge in [-0.25, -0.2) is 0 Å². The van der Waals surface area contributed by atoms with Crippen molar-refractivity contribution in [1.82, 2.24) is 9.80 Å². The van der Waals surface area contributed by atoms with Gasteiger partial charge in [-0.2, -0.15) is 0 Å². The van der Waals surface area contributed by atoms with Gasteiger partial charge in [-0.15, -0.1) is 0 Å². The van der Waals surface area contributed by atoms with Crippen LogP contribution in [-0.2, 0) is 0 Å². The summed E-state index contributed by atoms with van der Waals surface area (Å²) in [5.74, 6) is 0. The molecule has 2 atom stereocenters. The Balaban J connectivity index is 3.99. The molecule has 0 bridgehead atoms. The van der Waals surface area contributed by atoms with E-state index in [1.54, 1.807) is 0 Å². The quantitative estimate of drug-likeness (QED) is 0.664. The molecule has 0 saturated carbocycles. The first kappa shape index (κ1) is 14.9. The van der Waals surface area contributed by atoms with Crippen molar-refractivity contribution in [3.63, 3.8) is 0 Å². The van der Waals surface area contributed by atoms with Crippen molar-refractivity contribution in [2.24, 2.45) is 5.73 Å². The van der Waals surface area contributed by atoms with Crippen LogP contribution in [0.15, 0.2) is 0 Å². The van der Waals surface area contributed by atoms with Gasteiger partial charge in [0.15, 0.2) is 0 Å². The molecule has 0 spiro atoms. The highest BCUT2D eigenvalue weighted by Gasteiger charge is 2.15. The largest absolute Gasteiger partial charge is 0.327 e. The minimum absolute atomic E-state index is 0.333. The molecule has 0 amide bonds. The van der Waals surface area contributed by atoms with Gasteiger partial charge in [0, 0.05) is 25.2 Å². The van der Waals surface area contributed by atoms with Crippen molar-refractivity contribution >= 4 is 0 Å². The number of likely N-dealkylation sites (N-methyl/N-ethyl adjacent to an activating group) is 2. The Labute approximate surface area is 95.6 Å². The molecule has 0 radical (unpaired) electrons. The second-order valence-electron chi connectivity index (χ2n) is 4.75. The number of nitrogens with two attached hydrogens (primary N) is 1. The molecule has 2 N–H and O–H groups in total. The smallest absolute Gasteiger partial charge is 0.0195 e. The van der Waals surface area contributed by atoms with Crippen LogP contribution in [0.1, 0.15) is 33.6 Å². The number of hydrogen-bond donors (Lipinski definition) is 1. The highest BCUT2D eigenvalue weighted by Crippen LogP contribution is 2.03. The first-order valence-electron chi connectivity index (χ1n) is 6.15. The van der Waals surface area contributed by atoms with Crippen molar-refractivity contribution in [2.75, 3.05) is 33.7 Å². The van der Waals surface area contributed by atoms with E-state index in [4.69, 9.17) is 5.73 Å². The van der Waals surface area contributed by atoms with Crippen LogP contribution in [0.25, 0.3) is 0 Å². The van der Waals surface area contributed by atoms with E-state index in [0.29, 0.717) is 12.1 Å². The van der Waals surface area contributed by atoms with Gasteiger partial charge in [-0.05, 0) is 34.0 Å². The molecular weight excluding hydrogens is 186 g/mol. The van der Waals surface area contributed by atoms with E-state index in [1.807, 2.05) is 0 Å². The second-order valence-corrected chi connectivity index (χ2v) is 4.75. The summed E-state index contributed by atoms with van der Waals surface area (Å²) in [5, 5.41) is 0. The Morgan fingerprint density at radius 2 is 1.73 bits per heavy atom. The fraction of sp³-hybridized carbons (Fsp3) is 1.00. The third-order valence-electron chi connectivity index (χ3n) is 2.79. The molecule has 0 aliphatic rings.